The summed E-state index contributed by atoms with van der Waals surface area (Å²) in [5, 5.41) is 10.8. The standard InChI is InChI=1S/C9H15N7/c1-9(2,3)14-6-5-4-11-16-7(5)13-8(12-6)15-10/h4H,10H2,1-3H3,(H3,11,12,13,14,15,16). The molecule has 0 radical (unpaired) electrons. The number of hydrogen-bond acceptors (Lipinski definition) is 6. The Bertz CT molecular complexity index is 496. The summed E-state index contributed by atoms with van der Waals surface area (Å²) < 4.78 is 0. The molecule has 0 aliphatic rings. The predicted molar refractivity (Wildman–Crippen MR) is 62.9 cm³/mol. The highest BCUT2D eigenvalue weighted by atomic mass is 15.3. The first-order valence-corrected chi connectivity index (χ1v) is 4.95. The highest BCUT2D eigenvalue weighted by molar-refractivity contribution is 5.87. The molecule has 0 saturated carbocycles. The van der Waals surface area contributed by atoms with Gasteiger partial charge in [-0.25, -0.2) is 5.84 Å². The fraction of sp³-hybridized carbons (Fsp3) is 0.444. The second-order valence-corrected chi connectivity index (χ2v) is 4.55. The molecule has 7 heteroatoms. The summed E-state index contributed by atoms with van der Waals surface area (Å²) in [5.74, 6) is 6.36. The number of aromatic nitrogens is 4. The fourth-order valence-corrected chi connectivity index (χ4v) is 1.35. The van der Waals surface area contributed by atoms with Crippen molar-refractivity contribution in [1.82, 2.24) is 20.2 Å². The van der Waals surface area contributed by atoms with Crippen LogP contribution in [0.5, 0.6) is 0 Å². The fourth-order valence-electron chi connectivity index (χ4n) is 1.35. The van der Waals surface area contributed by atoms with Gasteiger partial charge in [-0.1, -0.05) is 0 Å². The Morgan fingerprint density at radius 3 is 2.69 bits per heavy atom. The summed E-state index contributed by atoms with van der Waals surface area (Å²) in [6.07, 6.45) is 1.68. The summed E-state index contributed by atoms with van der Waals surface area (Å²) >= 11 is 0. The van der Waals surface area contributed by atoms with Gasteiger partial charge in [-0.05, 0) is 20.8 Å². The van der Waals surface area contributed by atoms with Gasteiger partial charge in [0.25, 0.3) is 0 Å². The van der Waals surface area contributed by atoms with Crippen LogP contribution in [0, 0.1) is 0 Å². The van der Waals surface area contributed by atoms with Gasteiger partial charge in [0.1, 0.15) is 5.82 Å². The first-order chi connectivity index (χ1) is 7.49. The molecular weight excluding hydrogens is 206 g/mol. The maximum absolute atomic E-state index is 5.31. The number of nitrogens with two attached hydrogens (primary N) is 1. The number of aromatic amines is 1. The van der Waals surface area contributed by atoms with Crippen LogP contribution in [0.2, 0.25) is 0 Å². The molecule has 0 atom stereocenters. The van der Waals surface area contributed by atoms with Crippen LogP contribution >= 0.6 is 0 Å². The van der Waals surface area contributed by atoms with Crippen molar-refractivity contribution in [3.05, 3.63) is 6.20 Å². The highest BCUT2D eigenvalue weighted by Gasteiger charge is 2.15. The number of anilines is 2. The SMILES string of the molecule is CC(C)(C)Nc1nc(NN)nc2[nH]ncc12. The smallest absolute Gasteiger partial charge is 0.241 e. The molecule has 0 saturated heterocycles. The molecule has 0 aromatic carbocycles. The minimum atomic E-state index is -0.0928. The van der Waals surface area contributed by atoms with E-state index < -0.39 is 0 Å². The van der Waals surface area contributed by atoms with E-state index in [4.69, 9.17) is 5.84 Å². The summed E-state index contributed by atoms with van der Waals surface area (Å²) in [6, 6.07) is 0. The highest BCUT2D eigenvalue weighted by Crippen LogP contribution is 2.22. The van der Waals surface area contributed by atoms with Crippen molar-refractivity contribution >= 4 is 22.8 Å². The Balaban J connectivity index is 2.52. The Labute approximate surface area is 92.8 Å². The maximum Gasteiger partial charge on any atom is 0.241 e. The number of rotatable bonds is 2. The largest absolute Gasteiger partial charge is 0.365 e. The summed E-state index contributed by atoms with van der Waals surface area (Å²) in [6.45, 7) is 6.16. The molecule has 0 unspecified atom stereocenters. The number of nitrogens with one attached hydrogen (secondary N) is 3. The van der Waals surface area contributed by atoms with Crippen LogP contribution in [-0.4, -0.2) is 25.7 Å². The average molecular weight is 221 g/mol. The molecule has 0 bridgehead atoms. The van der Waals surface area contributed by atoms with Gasteiger partial charge in [0.15, 0.2) is 5.65 Å². The molecule has 16 heavy (non-hydrogen) atoms. The van der Waals surface area contributed by atoms with E-state index in [1.807, 2.05) is 0 Å². The van der Waals surface area contributed by atoms with E-state index in [0.717, 1.165) is 5.39 Å². The van der Waals surface area contributed by atoms with Gasteiger partial charge < -0.3 is 5.32 Å². The lowest BCUT2D eigenvalue weighted by Crippen LogP contribution is -2.27. The van der Waals surface area contributed by atoms with Gasteiger partial charge in [0, 0.05) is 5.54 Å². The lowest BCUT2D eigenvalue weighted by Gasteiger charge is -2.21. The second kappa shape index (κ2) is 3.60. The summed E-state index contributed by atoms with van der Waals surface area (Å²) in [7, 11) is 0. The zero-order chi connectivity index (χ0) is 11.8. The minimum absolute atomic E-state index is 0.0928. The van der Waals surface area contributed by atoms with E-state index in [1.165, 1.54) is 0 Å². The van der Waals surface area contributed by atoms with Crippen LogP contribution < -0.4 is 16.6 Å². The average Bonchev–Trinajstić information content (AvgIpc) is 2.63. The molecule has 0 aliphatic heterocycles. The van der Waals surface area contributed by atoms with Gasteiger partial charge in [0.2, 0.25) is 5.95 Å². The van der Waals surface area contributed by atoms with Crippen LogP contribution in [0.4, 0.5) is 11.8 Å². The minimum Gasteiger partial charge on any atom is -0.365 e. The molecular formula is C9H15N7. The van der Waals surface area contributed by atoms with E-state index in [2.05, 4.69) is 51.7 Å². The zero-order valence-electron chi connectivity index (χ0n) is 9.50. The summed E-state index contributed by atoms with van der Waals surface area (Å²) in [5.41, 5.74) is 2.98. The van der Waals surface area contributed by atoms with Gasteiger partial charge in [-0.15, -0.1) is 0 Å². The first kappa shape index (κ1) is 10.6. The lowest BCUT2D eigenvalue weighted by atomic mass is 10.1. The van der Waals surface area contributed by atoms with Gasteiger partial charge in [-0.2, -0.15) is 15.1 Å². The molecule has 2 heterocycles. The van der Waals surface area contributed by atoms with Crippen molar-refractivity contribution in [2.24, 2.45) is 5.84 Å². The maximum atomic E-state index is 5.31. The third-order valence-electron chi connectivity index (χ3n) is 1.93. The normalized spacial score (nSPS) is 11.8. The number of H-pyrrole nitrogens is 1. The number of nitrogens with zero attached hydrogens (tertiary/aromatic N) is 3. The van der Waals surface area contributed by atoms with Crippen molar-refractivity contribution < 1.29 is 0 Å². The van der Waals surface area contributed by atoms with Crippen molar-refractivity contribution in [3.63, 3.8) is 0 Å². The molecule has 0 amide bonds. The molecule has 0 aliphatic carbocycles. The third-order valence-corrected chi connectivity index (χ3v) is 1.93. The van der Waals surface area contributed by atoms with Crippen LogP contribution in [0.15, 0.2) is 6.20 Å². The lowest BCUT2D eigenvalue weighted by molar-refractivity contribution is 0.631. The predicted octanol–water partition coefficient (Wildman–Crippen LogP) is 0.849. The number of hydrazine groups is 1. The molecule has 0 spiro atoms. The molecule has 2 aromatic rings. The second-order valence-electron chi connectivity index (χ2n) is 4.55. The molecule has 7 nitrogen and oxygen atoms in total. The van der Waals surface area contributed by atoms with Crippen LogP contribution in [0.1, 0.15) is 20.8 Å². The van der Waals surface area contributed by atoms with Crippen molar-refractivity contribution in [3.8, 4) is 0 Å². The Morgan fingerprint density at radius 2 is 2.06 bits per heavy atom. The van der Waals surface area contributed by atoms with Gasteiger partial charge >= 0.3 is 0 Å². The van der Waals surface area contributed by atoms with Crippen molar-refractivity contribution in [2.75, 3.05) is 10.7 Å². The quantitative estimate of drug-likeness (QED) is 0.442. The van der Waals surface area contributed by atoms with Crippen LogP contribution in [0.3, 0.4) is 0 Å². The zero-order valence-corrected chi connectivity index (χ0v) is 9.50. The van der Waals surface area contributed by atoms with E-state index >= 15 is 0 Å². The third kappa shape index (κ3) is 2.03. The Hall–Kier alpha value is -1.89. The Morgan fingerprint density at radius 1 is 1.31 bits per heavy atom. The number of fused-ring (bicyclic) bond motifs is 1. The first-order valence-electron chi connectivity index (χ1n) is 4.95. The van der Waals surface area contributed by atoms with Gasteiger partial charge in [0.05, 0.1) is 11.6 Å². The molecule has 2 aromatic heterocycles. The molecule has 5 N–H and O–H groups in total. The van der Waals surface area contributed by atoms with E-state index in [1.54, 1.807) is 6.20 Å². The number of hydrogen-bond donors (Lipinski definition) is 4. The number of nitrogen functional groups attached to an aromatic ring is 1. The van der Waals surface area contributed by atoms with Crippen LogP contribution in [-0.2, 0) is 0 Å². The van der Waals surface area contributed by atoms with Gasteiger partial charge in [-0.3, -0.25) is 10.5 Å². The Kier molecular flexibility index (Phi) is 2.39. The summed E-state index contributed by atoms with van der Waals surface area (Å²) in [4.78, 5) is 8.40. The molecule has 2 rings (SSSR count). The van der Waals surface area contributed by atoms with Crippen molar-refractivity contribution in [1.29, 1.82) is 0 Å². The van der Waals surface area contributed by atoms with Crippen LogP contribution in [0.25, 0.3) is 11.0 Å². The van der Waals surface area contributed by atoms with Crippen molar-refractivity contribution in [2.45, 2.75) is 26.3 Å². The molecule has 0 fully saturated rings. The van der Waals surface area contributed by atoms with E-state index in [9.17, 15) is 0 Å². The topological polar surface area (TPSA) is 105 Å². The van der Waals surface area contributed by atoms with E-state index in [0.29, 0.717) is 17.4 Å². The van der Waals surface area contributed by atoms with E-state index in [-0.39, 0.29) is 5.54 Å². The molecule has 86 valence electrons. The monoisotopic (exact) mass is 221 g/mol.